The lowest BCUT2D eigenvalue weighted by Crippen LogP contribution is -2.23. The largest absolute Gasteiger partial charge is 0.507 e. The average Bonchev–Trinajstić information content (AvgIpc) is 2.50. The number of aliphatic hydroxyl groups is 1. The van der Waals surface area contributed by atoms with Gasteiger partial charge in [0.1, 0.15) is 11.5 Å². The summed E-state index contributed by atoms with van der Waals surface area (Å²) in [5.74, 6) is 0.801. The van der Waals surface area contributed by atoms with E-state index >= 15 is 0 Å². The zero-order valence-corrected chi connectivity index (χ0v) is 11.4. The van der Waals surface area contributed by atoms with E-state index in [2.05, 4.69) is 5.32 Å². The summed E-state index contributed by atoms with van der Waals surface area (Å²) in [7, 11) is 1.56. The van der Waals surface area contributed by atoms with Gasteiger partial charge in [0.15, 0.2) is 0 Å². The number of nitrogens with one attached hydrogen (secondary N) is 1. The lowest BCUT2D eigenvalue weighted by molar-refractivity contribution is 0.243. The van der Waals surface area contributed by atoms with Gasteiger partial charge in [0, 0.05) is 18.2 Å². The van der Waals surface area contributed by atoms with Gasteiger partial charge in [0.25, 0.3) is 0 Å². The maximum Gasteiger partial charge on any atom is 0.123 e. The van der Waals surface area contributed by atoms with Crippen LogP contribution in [0.1, 0.15) is 17.2 Å². The molecule has 20 heavy (non-hydrogen) atoms. The summed E-state index contributed by atoms with van der Waals surface area (Å²) < 4.78 is 5.05. The van der Waals surface area contributed by atoms with Crippen molar-refractivity contribution in [2.45, 2.75) is 12.6 Å². The number of phenolic OH excluding ortho intramolecular Hbond substituents is 1. The molecular formula is C16H19NO3. The van der Waals surface area contributed by atoms with Crippen LogP contribution in [-0.4, -0.2) is 23.9 Å². The topological polar surface area (TPSA) is 61.7 Å². The highest BCUT2D eigenvalue weighted by molar-refractivity contribution is 5.39. The minimum Gasteiger partial charge on any atom is -0.507 e. The lowest BCUT2D eigenvalue weighted by Gasteiger charge is -2.17. The van der Waals surface area contributed by atoms with E-state index in [0.29, 0.717) is 12.3 Å². The second-order valence-corrected chi connectivity index (χ2v) is 4.52. The molecule has 0 bridgehead atoms. The van der Waals surface area contributed by atoms with Crippen LogP contribution in [0, 0.1) is 0 Å². The van der Waals surface area contributed by atoms with Crippen LogP contribution in [0.3, 0.4) is 0 Å². The Morgan fingerprint density at radius 2 is 1.90 bits per heavy atom. The van der Waals surface area contributed by atoms with Gasteiger partial charge in [-0.15, -0.1) is 0 Å². The molecule has 3 N–H and O–H groups in total. The van der Waals surface area contributed by atoms with E-state index in [1.54, 1.807) is 25.3 Å². The van der Waals surface area contributed by atoms with E-state index in [4.69, 9.17) is 4.74 Å². The molecule has 2 aromatic rings. The van der Waals surface area contributed by atoms with E-state index in [9.17, 15) is 10.2 Å². The molecule has 0 unspecified atom stereocenters. The first-order valence-electron chi connectivity index (χ1n) is 6.49. The van der Waals surface area contributed by atoms with Crippen molar-refractivity contribution in [1.82, 2.24) is 5.32 Å². The quantitative estimate of drug-likeness (QED) is 0.755. The number of ether oxygens (including phenoxy) is 1. The number of aliphatic hydroxyl groups excluding tert-OH is 1. The van der Waals surface area contributed by atoms with Gasteiger partial charge in [0.05, 0.1) is 19.8 Å². The van der Waals surface area contributed by atoms with Crippen LogP contribution >= 0.6 is 0 Å². The Balaban J connectivity index is 2.03. The number of hydrogen-bond donors (Lipinski definition) is 3. The number of aromatic hydroxyl groups is 1. The van der Waals surface area contributed by atoms with Crippen molar-refractivity contribution in [2.75, 3.05) is 13.7 Å². The molecule has 4 heteroatoms. The van der Waals surface area contributed by atoms with Gasteiger partial charge in [-0.1, -0.05) is 36.4 Å². The lowest BCUT2D eigenvalue weighted by atomic mass is 10.1. The Labute approximate surface area is 118 Å². The Hall–Kier alpha value is -2.04. The third-order valence-corrected chi connectivity index (χ3v) is 3.22. The van der Waals surface area contributed by atoms with Gasteiger partial charge < -0.3 is 20.3 Å². The Kier molecular flexibility index (Phi) is 4.98. The van der Waals surface area contributed by atoms with Crippen LogP contribution in [0.25, 0.3) is 0 Å². The second-order valence-electron chi connectivity index (χ2n) is 4.52. The van der Waals surface area contributed by atoms with E-state index < -0.39 is 0 Å². The molecule has 0 amide bonds. The summed E-state index contributed by atoms with van der Waals surface area (Å²) in [6.07, 6.45) is 0. The highest BCUT2D eigenvalue weighted by atomic mass is 16.5. The molecule has 2 rings (SSSR count). The van der Waals surface area contributed by atoms with Crippen LogP contribution < -0.4 is 10.1 Å². The predicted molar refractivity (Wildman–Crippen MR) is 77.8 cm³/mol. The molecule has 0 saturated carbocycles. The minimum absolute atomic E-state index is 0.000923. The van der Waals surface area contributed by atoms with Gasteiger partial charge in [0.2, 0.25) is 0 Å². The predicted octanol–water partition coefficient (Wildman–Crippen LogP) is 2.22. The summed E-state index contributed by atoms with van der Waals surface area (Å²) >= 11 is 0. The summed E-state index contributed by atoms with van der Waals surface area (Å²) in [5, 5.41) is 22.6. The standard InChI is InChI=1S/C16H19NO3/c1-20-14-8-7-13(16(19)9-14)10-17-15(11-18)12-5-3-2-4-6-12/h2-9,15,17-19H,10-11H2,1H3/t15-/m0/s1. The molecule has 2 aromatic carbocycles. The van der Waals surface area contributed by atoms with Crippen LogP contribution in [0.5, 0.6) is 11.5 Å². The van der Waals surface area contributed by atoms with Crippen molar-refractivity contribution in [3.8, 4) is 11.5 Å². The smallest absolute Gasteiger partial charge is 0.123 e. The van der Waals surface area contributed by atoms with Gasteiger partial charge in [-0.2, -0.15) is 0 Å². The molecule has 0 aliphatic carbocycles. The molecule has 0 heterocycles. The molecule has 0 aliphatic rings. The first-order valence-corrected chi connectivity index (χ1v) is 6.49. The molecule has 0 fully saturated rings. The summed E-state index contributed by atoms with van der Waals surface area (Å²) in [6, 6.07) is 14.8. The fourth-order valence-electron chi connectivity index (χ4n) is 2.03. The van der Waals surface area contributed by atoms with Gasteiger partial charge in [-0.05, 0) is 11.6 Å². The van der Waals surface area contributed by atoms with Crippen molar-refractivity contribution < 1.29 is 14.9 Å². The van der Waals surface area contributed by atoms with E-state index in [0.717, 1.165) is 11.1 Å². The maximum absolute atomic E-state index is 9.90. The van der Waals surface area contributed by atoms with E-state index in [1.807, 2.05) is 30.3 Å². The fraction of sp³-hybridized carbons (Fsp3) is 0.250. The number of hydrogen-bond acceptors (Lipinski definition) is 4. The van der Waals surface area contributed by atoms with E-state index in [-0.39, 0.29) is 18.4 Å². The van der Waals surface area contributed by atoms with Gasteiger partial charge in [-0.3, -0.25) is 0 Å². The van der Waals surface area contributed by atoms with Crippen LogP contribution in [0.2, 0.25) is 0 Å². The minimum atomic E-state index is -0.155. The zero-order chi connectivity index (χ0) is 14.4. The highest BCUT2D eigenvalue weighted by Gasteiger charge is 2.10. The molecule has 0 aliphatic heterocycles. The van der Waals surface area contributed by atoms with Crippen molar-refractivity contribution in [3.05, 3.63) is 59.7 Å². The first kappa shape index (κ1) is 14.4. The Bertz CT molecular complexity index is 543. The average molecular weight is 273 g/mol. The zero-order valence-electron chi connectivity index (χ0n) is 11.4. The number of rotatable bonds is 6. The maximum atomic E-state index is 9.90. The van der Waals surface area contributed by atoms with E-state index in [1.165, 1.54) is 0 Å². The molecule has 0 radical (unpaired) electrons. The number of methoxy groups -OCH3 is 1. The molecule has 0 spiro atoms. The Morgan fingerprint density at radius 3 is 2.50 bits per heavy atom. The Morgan fingerprint density at radius 1 is 1.15 bits per heavy atom. The molecule has 0 saturated heterocycles. The molecule has 0 aromatic heterocycles. The summed E-state index contributed by atoms with van der Waals surface area (Å²) in [4.78, 5) is 0. The van der Waals surface area contributed by atoms with Crippen molar-refractivity contribution >= 4 is 0 Å². The van der Waals surface area contributed by atoms with Gasteiger partial charge in [-0.25, -0.2) is 0 Å². The molecule has 4 nitrogen and oxygen atoms in total. The first-order chi connectivity index (χ1) is 9.74. The summed E-state index contributed by atoms with van der Waals surface area (Å²) in [6.45, 7) is 0.469. The molecule has 1 atom stereocenters. The molecule has 106 valence electrons. The third kappa shape index (κ3) is 3.50. The van der Waals surface area contributed by atoms with Crippen LogP contribution in [-0.2, 0) is 6.54 Å². The normalized spacial score (nSPS) is 12.1. The number of phenols is 1. The van der Waals surface area contributed by atoms with Crippen molar-refractivity contribution in [3.63, 3.8) is 0 Å². The van der Waals surface area contributed by atoms with Crippen LogP contribution in [0.4, 0.5) is 0 Å². The third-order valence-electron chi connectivity index (χ3n) is 3.22. The van der Waals surface area contributed by atoms with Crippen LogP contribution in [0.15, 0.2) is 48.5 Å². The second kappa shape index (κ2) is 6.93. The monoisotopic (exact) mass is 273 g/mol. The summed E-state index contributed by atoms with van der Waals surface area (Å²) in [5.41, 5.74) is 1.78. The highest BCUT2D eigenvalue weighted by Crippen LogP contribution is 2.24. The fourth-order valence-corrected chi connectivity index (χ4v) is 2.03. The van der Waals surface area contributed by atoms with Gasteiger partial charge >= 0.3 is 0 Å². The molecular weight excluding hydrogens is 254 g/mol. The van der Waals surface area contributed by atoms with Crippen molar-refractivity contribution in [2.24, 2.45) is 0 Å². The SMILES string of the molecule is COc1ccc(CN[C@@H](CO)c2ccccc2)c(O)c1. The van der Waals surface area contributed by atoms with Crippen molar-refractivity contribution in [1.29, 1.82) is 0 Å². The number of benzene rings is 2.